The van der Waals surface area contributed by atoms with Crippen molar-refractivity contribution in [2.45, 2.75) is 18.9 Å². The summed E-state index contributed by atoms with van der Waals surface area (Å²) in [5.41, 5.74) is 1.91. The third-order valence-electron chi connectivity index (χ3n) is 3.14. The van der Waals surface area contributed by atoms with Gasteiger partial charge in [-0.15, -0.1) is 0 Å². The molecule has 1 saturated heterocycles. The Morgan fingerprint density at radius 2 is 2.21 bits per heavy atom. The highest BCUT2D eigenvalue weighted by molar-refractivity contribution is 5.93. The average Bonchev–Trinajstić information content (AvgIpc) is 3.11. The van der Waals surface area contributed by atoms with Crippen LogP contribution in [-0.2, 0) is 9.53 Å². The molecule has 1 aliphatic rings. The summed E-state index contributed by atoms with van der Waals surface area (Å²) in [6.07, 6.45) is 1.38. The highest BCUT2D eigenvalue weighted by atomic mass is 16.5. The molecule has 1 amide bonds. The Kier molecular flexibility index (Phi) is 3.29. The first-order chi connectivity index (χ1) is 9.33. The maximum Gasteiger partial charge on any atom is 0.254 e. The minimum Gasteiger partial charge on any atom is -0.368 e. The number of H-pyrrole nitrogens is 1. The molecule has 0 saturated carbocycles. The molecule has 1 aromatic carbocycles. The van der Waals surface area contributed by atoms with Gasteiger partial charge in [0.1, 0.15) is 6.10 Å². The first-order valence-electron chi connectivity index (χ1n) is 6.36. The molecule has 5 nitrogen and oxygen atoms in total. The number of amides is 1. The first kappa shape index (κ1) is 11.9. The van der Waals surface area contributed by atoms with Crippen LogP contribution in [0.2, 0.25) is 0 Å². The quantitative estimate of drug-likeness (QED) is 0.885. The molecule has 0 bridgehead atoms. The molecular weight excluding hydrogens is 242 g/mol. The zero-order valence-corrected chi connectivity index (χ0v) is 10.4. The molecule has 2 aromatic rings. The molecule has 5 heteroatoms. The molecule has 1 atom stereocenters. The van der Waals surface area contributed by atoms with E-state index in [2.05, 4.69) is 15.5 Å². The largest absolute Gasteiger partial charge is 0.368 e. The Bertz CT molecular complexity index is 559. The summed E-state index contributed by atoms with van der Waals surface area (Å²) in [4.78, 5) is 11.9. The lowest BCUT2D eigenvalue weighted by molar-refractivity contribution is -0.124. The van der Waals surface area contributed by atoms with E-state index in [0.29, 0.717) is 12.4 Å². The van der Waals surface area contributed by atoms with Crippen LogP contribution in [0.25, 0.3) is 11.3 Å². The van der Waals surface area contributed by atoms with E-state index in [0.717, 1.165) is 24.1 Å². The molecule has 1 fully saturated rings. The second-order valence-corrected chi connectivity index (χ2v) is 4.52. The van der Waals surface area contributed by atoms with Crippen molar-refractivity contribution in [3.05, 3.63) is 36.4 Å². The molecule has 1 aromatic heterocycles. The summed E-state index contributed by atoms with van der Waals surface area (Å²) in [6.45, 7) is 0.661. The van der Waals surface area contributed by atoms with Crippen molar-refractivity contribution in [3.8, 4) is 11.3 Å². The Labute approximate surface area is 111 Å². The Balaban J connectivity index is 1.70. The lowest BCUT2D eigenvalue weighted by atomic mass is 10.1. The molecule has 1 aliphatic heterocycles. The maximum absolute atomic E-state index is 11.9. The topological polar surface area (TPSA) is 67.0 Å². The molecule has 2 N–H and O–H groups in total. The van der Waals surface area contributed by atoms with Crippen LogP contribution in [0.4, 0.5) is 5.82 Å². The van der Waals surface area contributed by atoms with Crippen LogP contribution in [0.1, 0.15) is 12.8 Å². The van der Waals surface area contributed by atoms with Crippen LogP contribution < -0.4 is 5.32 Å². The van der Waals surface area contributed by atoms with E-state index >= 15 is 0 Å². The van der Waals surface area contributed by atoms with E-state index in [1.54, 1.807) is 0 Å². The van der Waals surface area contributed by atoms with Crippen molar-refractivity contribution >= 4 is 11.7 Å². The SMILES string of the molecule is O=C(Nc1cc(-c2ccccc2)[nH]n1)C1CCCO1. The van der Waals surface area contributed by atoms with Crippen molar-refractivity contribution in [3.63, 3.8) is 0 Å². The molecule has 0 aliphatic carbocycles. The molecule has 0 radical (unpaired) electrons. The fourth-order valence-corrected chi connectivity index (χ4v) is 2.14. The third kappa shape index (κ3) is 2.66. The number of benzene rings is 1. The van der Waals surface area contributed by atoms with Gasteiger partial charge in [0.05, 0.1) is 5.69 Å². The van der Waals surface area contributed by atoms with Gasteiger partial charge in [-0.1, -0.05) is 30.3 Å². The summed E-state index contributed by atoms with van der Waals surface area (Å²) < 4.78 is 5.33. The number of carbonyl (C=O) groups excluding carboxylic acids is 1. The number of aromatic amines is 1. The fourth-order valence-electron chi connectivity index (χ4n) is 2.14. The minimum absolute atomic E-state index is 0.122. The van der Waals surface area contributed by atoms with Crippen LogP contribution in [0.15, 0.2) is 36.4 Å². The standard InChI is InChI=1S/C14H15N3O2/c18-14(12-7-4-8-19-12)15-13-9-11(16-17-13)10-5-2-1-3-6-10/h1-3,5-6,9,12H,4,7-8H2,(H2,15,16,17,18). The Morgan fingerprint density at radius 3 is 2.95 bits per heavy atom. The van der Waals surface area contributed by atoms with Gasteiger partial charge in [-0.3, -0.25) is 9.89 Å². The van der Waals surface area contributed by atoms with Crippen molar-refractivity contribution < 1.29 is 9.53 Å². The lowest BCUT2D eigenvalue weighted by Crippen LogP contribution is -2.26. The van der Waals surface area contributed by atoms with Crippen LogP contribution in [-0.4, -0.2) is 28.8 Å². The van der Waals surface area contributed by atoms with Gasteiger partial charge in [-0.25, -0.2) is 0 Å². The summed E-state index contributed by atoms with van der Waals surface area (Å²) in [7, 11) is 0. The van der Waals surface area contributed by atoms with Gasteiger partial charge in [0.25, 0.3) is 5.91 Å². The highest BCUT2D eigenvalue weighted by Crippen LogP contribution is 2.20. The summed E-state index contributed by atoms with van der Waals surface area (Å²) in [5.74, 6) is 0.406. The number of carbonyl (C=O) groups is 1. The first-order valence-corrected chi connectivity index (χ1v) is 6.36. The van der Waals surface area contributed by atoms with E-state index < -0.39 is 0 Å². The Morgan fingerprint density at radius 1 is 1.37 bits per heavy atom. The number of hydrogen-bond acceptors (Lipinski definition) is 3. The average molecular weight is 257 g/mol. The normalized spacial score (nSPS) is 18.4. The van der Waals surface area contributed by atoms with Gasteiger partial charge in [0, 0.05) is 12.7 Å². The number of aromatic nitrogens is 2. The second-order valence-electron chi connectivity index (χ2n) is 4.52. The van der Waals surface area contributed by atoms with Crippen LogP contribution >= 0.6 is 0 Å². The number of nitrogens with zero attached hydrogens (tertiary/aromatic N) is 1. The van der Waals surface area contributed by atoms with E-state index in [1.807, 2.05) is 36.4 Å². The van der Waals surface area contributed by atoms with Crippen molar-refractivity contribution in [1.82, 2.24) is 10.2 Å². The van der Waals surface area contributed by atoms with E-state index in [-0.39, 0.29) is 12.0 Å². The highest BCUT2D eigenvalue weighted by Gasteiger charge is 2.24. The number of anilines is 1. The monoisotopic (exact) mass is 257 g/mol. The van der Waals surface area contributed by atoms with E-state index in [4.69, 9.17) is 4.74 Å². The van der Waals surface area contributed by atoms with Crippen molar-refractivity contribution in [2.24, 2.45) is 0 Å². The Hall–Kier alpha value is -2.14. The van der Waals surface area contributed by atoms with E-state index in [1.165, 1.54) is 0 Å². The molecule has 1 unspecified atom stereocenters. The maximum atomic E-state index is 11.9. The number of rotatable bonds is 3. The van der Waals surface area contributed by atoms with Gasteiger partial charge >= 0.3 is 0 Å². The molecule has 98 valence electrons. The van der Waals surface area contributed by atoms with Gasteiger partial charge in [0.15, 0.2) is 5.82 Å². The van der Waals surface area contributed by atoms with Gasteiger partial charge in [-0.2, -0.15) is 5.10 Å². The zero-order chi connectivity index (χ0) is 13.1. The fraction of sp³-hybridized carbons (Fsp3) is 0.286. The number of ether oxygens (including phenoxy) is 1. The molecule has 19 heavy (non-hydrogen) atoms. The summed E-state index contributed by atoms with van der Waals surface area (Å²) >= 11 is 0. The van der Waals surface area contributed by atoms with Gasteiger partial charge in [-0.05, 0) is 18.4 Å². The van der Waals surface area contributed by atoms with Gasteiger partial charge in [0.2, 0.25) is 0 Å². The second kappa shape index (κ2) is 5.24. The smallest absolute Gasteiger partial charge is 0.254 e. The predicted octanol–water partition coefficient (Wildman–Crippen LogP) is 2.19. The molecular formula is C14H15N3O2. The minimum atomic E-state index is -0.336. The van der Waals surface area contributed by atoms with E-state index in [9.17, 15) is 4.79 Å². The zero-order valence-electron chi connectivity index (χ0n) is 10.4. The molecule has 3 rings (SSSR count). The van der Waals surface area contributed by atoms with Crippen LogP contribution in [0, 0.1) is 0 Å². The summed E-state index contributed by atoms with van der Waals surface area (Å²) in [5, 5.41) is 9.77. The predicted molar refractivity (Wildman–Crippen MR) is 71.6 cm³/mol. The number of hydrogen-bond donors (Lipinski definition) is 2. The van der Waals surface area contributed by atoms with Crippen molar-refractivity contribution in [2.75, 3.05) is 11.9 Å². The van der Waals surface area contributed by atoms with Crippen LogP contribution in [0.3, 0.4) is 0 Å². The summed E-state index contributed by atoms with van der Waals surface area (Å²) in [6, 6.07) is 11.7. The molecule has 0 spiro atoms. The molecule has 2 heterocycles. The third-order valence-corrected chi connectivity index (χ3v) is 3.14. The van der Waals surface area contributed by atoms with Crippen LogP contribution in [0.5, 0.6) is 0 Å². The van der Waals surface area contributed by atoms with Gasteiger partial charge < -0.3 is 10.1 Å². The number of nitrogens with one attached hydrogen (secondary N) is 2. The lowest BCUT2D eigenvalue weighted by Gasteiger charge is -2.07. The van der Waals surface area contributed by atoms with Crippen molar-refractivity contribution in [1.29, 1.82) is 0 Å².